The zero-order chi connectivity index (χ0) is 20.2. The van der Waals surface area contributed by atoms with Crippen molar-refractivity contribution in [2.75, 3.05) is 10.6 Å². The number of anilines is 1. The van der Waals surface area contributed by atoms with Crippen molar-refractivity contribution in [1.82, 2.24) is 5.32 Å². The Bertz CT molecular complexity index is 875. The summed E-state index contributed by atoms with van der Waals surface area (Å²) in [5, 5.41) is 2.99. The van der Waals surface area contributed by atoms with Crippen LogP contribution in [-0.4, -0.2) is 26.6 Å². The summed E-state index contributed by atoms with van der Waals surface area (Å²) < 4.78 is 26.1. The van der Waals surface area contributed by atoms with Gasteiger partial charge in [-0.25, -0.2) is 8.42 Å². The fourth-order valence-corrected chi connectivity index (χ4v) is 4.44. The fraction of sp³-hybridized carbons (Fsp3) is 0.381. The van der Waals surface area contributed by atoms with Gasteiger partial charge in [0, 0.05) is 0 Å². The van der Waals surface area contributed by atoms with Crippen LogP contribution in [0.3, 0.4) is 0 Å². The highest BCUT2D eigenvalue weighted by atomic mass is 32.2. The molecule has 0 aliphatic carbocycles. The van der Waals surface area contributed by atoms with E-state index in [1.54, 1.807) is 19.1 Å². The van der Waals surface area contributed by atoms with Crippen molar-refractivity contribution in [1.29, 1.82) is 0 Å². The number of nitrogens with one attached hydrogen (secondary N) is 1. The number of aryl methyl sites for hydroxylation is 2. The minimum atomic E-state index is -3.63. The van der Waals surface area contributed by atoms with Gasteiger partial charge in [-0.1, -0.05) is 43.3 Å². The van der Waals surface area contributed by atoms with Crippen LogP contribution < -0.4 is 9.62 Å². The first-order valence-corrected chi connectivity index (χ1v) is 10.9. The van der Waals surface area contributed by atoms with E-state index in [0.717, 1.165) is 22.9 Å². The standard InChI is InChI=1S/C21H28N2O3S/c1-6-20(18-10-8-7-9-11-18)22-21(24)17(4)23(27(5,25)26)19-13-15(2)12-16(3)14-19/h7-14,17,20H,6H2,1-5H3,(H,22,24)/t17-,20-/m0/s1. The molecule has 2 aromatic rings. The maximum absolute atomic E-state index is 12.9. The molecule has 5 nitrogen and oxygen atoms in total. The zero-order valence-electron chi connectivity index (χ0n) is 16.6. The van der Waals surface area contributed by atoms with Gasteiger partial charge in [-0.2, -0.15) is 0 Å². The number of carbonyl (C=O) groups excluding carboxylic acids is 1. The van der Waals surface area contributed by atoms with Gasteiger partial charge in [0.2, 0.25) is 15.9 Å². The molecule has 0 aliphatic heterocycles. The number of amides is 1. The van der Waals surface area contributed by atoms with Crippen molar-refractivity contribution in [3.05, 3.63) is 65.2 Å². The van der Waals surface area contributed by atoms with Gasteiger partial charge in [0.15, 0.2) is 0 Å². The Morgan fingerprint density at radius 1 is 1.07 bits per heavy atom. The molecule has 0 radical (unpaired) electrons. The van der Waals surface area contributed by atoms with Crippen molar-refractivity contribution >= 4 is 21.6 Å². The topological polar surface area (TPSA) is 66.5 Å². The van der Waals surface area contributed by atoms with E-state index >= 15 is 0 Å². The predicted molar refractivity (Wildman–Crippen MR) is 110 cm³/mol. The highest BCUT2D eigenvalue weighted by molar-refractivity contribution is 7.92. The summed E-state index contributed by atoms with van der Waals surface area (Å²) in [5.74, 6) is -0.324. The van der Waals surface area contributed by atoms with E-state index in [4.69, 9.17) is 0 Å². The van der Waals surface area contributed by atoms with Crippen LogP contribution in [0.25, 0.3) is 0 Å². The molecule has 6 heteroatoms. The molecule has 0 spiro atoms. The molecule has 0 saturated carbocycles. The molecule has 0 saturated heterocycles. The van der Waals surface area contributed by atoms with Crippen molar-refractivity contribution in [2.24, 2.45) is 0 Å². The Labute approximate surface area is 162 Å². The van der Waals surface area contributed by atoms with Crippen molar-refractivity contribution in [3.63, 3.8) is 0 Å². The fourth-order valence-electron chi connectivity index (χ4n) is 3.29. The molecule has 2 aromatic carbocycles. The second-order valence-corrected chi connectivity index (χ2v) is 8.82. The van der Waals surface area contributed by atoms with Crippen LogP contribution in [0.2, 0.25) is 0 Å². The van der Waals surface area contributed by atoms with Crippen molar-refractivity contribution < 1.29 is 13.2 Å². The van der Waals surface area contributed by atoms with E-state index in [1.807, 2.05) is 57.2 Å². The summed E-state index contributed by atoms with van der Waals surface area (Å²) in [6, 6.07) is 14.2. The third-order valence-electron chi connectivity index (χ3n) is 4.48. The van der Waals surface area contributed by atoms with Gasteiger partial charge in [0.05, 0.1) is 18.0 Å². The average Bonchev–Trinajstić information content (AvgIpc) is 2.58. The number of hydrogen-bond acceptors (Lipinski definition) is 3. The number of nitrogens with zero attached hydrogens (tertiary/aromatic N) is 1. The lowest BCUT2D eigenvalue weighted by Gasteiger charge is -2.30. The van der Waals surface area contributed by atoms with Crippen LogP contribution in [0.1, 0.15) is 43.0 Å². The van der Waals surface area contributed by atoms with Crippen molar-refractivity contribution in [2.45, 2.75) is 46.2 Å². The van der Waals surface area contributed by atoms with Crippen LogP contribution in [0.15, 0.2) is 48.5 Å². The second kappa shape index (κ2) is 8.57. The first-order valence-electron chi connectivity index (χ1n) is 9.06. The third kappa shape index (κ3) is 5.32. The van der Waals surface area contributed by atoms with Crippen LogP contribution in [0, 0.1) is 13.8 Å². The summed E-state index contributed by atoms with van der Waals surface area (Å²) in [6.07, 6.45) is 1.84. The highest BCUT2D eigenvalue weighted by Crippen LogP contribution is 2.25. The summed E-state index contributed by atoms with van der Waals surface area (Å²) in [7, 11) is -3.63. The Morgan fingerprint density at radius 2 is 1.63 bits per heavy atom. The quantitative estimate of drug-likeness (QED) is 0.786. The first-order chi connectivity index (χ1) is 12.6. The van der Waals surface area contributed by atoms with Crippen LogP contribution in [-0.2, 0) is 14.8 Å². The number of sulfonamides is 1. The van der Waals surface area contributed by atoms with E-state index in [0.29, 0.717) is 12.1 Å². The van der Waals surface area contributed by atoms with Gasteiger partial charge in [0.1, 0.15) is 6.04 Å². The lowest BCUT2D eigenvalue weighted by atomic mass is 10.0. The molecule has 2 rings (SSSR count). The Kier molecular flexibility index (Phi) is 6.65. The monoisotopic (exact) mass is 388 g/mol. The lowest BCUT2D eigenvalue weighted by Crippen LogP contribution is -2.48. The molecule has 1 amide bonds. The van der Waals surface area contributed by atoms with E-state index in [1.165, 1.54) is 4.31 Å². The summed E-state index contributed by atoms with van der Waals surface area (Å²) in [4.78, 5) is 12.9. The van der Waals surface area contributed by atoms with Gasteiger partial charge >= 0.3 is 0 Å². The third-order valence-corrected chi connectivity index (χ3v) is 5.72. The molecule has 146 valence electrons. The zero-order valence-corrected chi connectivity index (χ0v) is 17.4. The lowest BCUT2D eigenvalue weighted by molar-refractivity contribution is -0.122. The SMILES string of the molecule is CC[C@H](NC(=O)[C@H](C)N(c1cc(C)cc(C)c1)S(C)(=O)=O)c1ccccc1. The molecule has 0 bridgehead atoms. The van der Waals surface area contributed by atoms with E-state index in [2.05, 4.69) is 5.32 Å². The minimum absolute atomic E-state index is 0.165. The first kappa shape index (κ1) is 21.0. The van der Waals surface area contributed by atoms with Crippen molar-refractivity contribution in [3.8, 4) is 0 Å². The second-order valence-electron chi connectivity index (χ2n) is 6.96. The molecule has 0 unspecified atom stereocenters. The molecule has 0 aliphatic rings. The van der Waals surface area contributed by atoms with Gasteiger partial charge < -0.3 is 5.32 Å². The number of hydrogen-bond donors (Lipinski definition) is 1. The van der Waals surface area contributed by atoms with Crippen LogP contribution >= 0.6 is 0 Å². The van der Waals surface area contributed by atoms with Gasteiger partial charge in [0.25, 0.3) is 0 Å². The largest absolute Gasteiger partial charge is 0.347 e. The molecular weight excluding hydrogens is 360 g/mol. The summed E-state index contributed by atoms with van der Waals surface area (Å²) in [5.41, 5.74) is 3.40. The normalized spacial score (nSPS) is 13.7. The number of benzene rings is 2. The van der Waals surface area contributed by atoms with E-state index < -0.39 is 16.1 Å². The predicted octanol–water partition coefficient (Wildman–Crippen LogP) is 3.73. The van der Waals surface area contributed by atoms with E-state index in [-0.39, 0.29) is 11.9 Å². The number of rotatable bonds is 7. The molecule has 0 heterocycles. The smallest absolute Gasteiger partial charge is 0.244 e. The highest BCUT2D eigenvalue weighted by Gasteiger charge is 2.30. The summed E-state index contributed by atoms with van der Waals surface area (Å²) >= 11 is 0. The maximum atomic E-state index is 12.9. The number of carbonyl (C=O) groups is 1. The van der Waals surface area contributed by atoms with Gasteiger partial charge in [-0.05, 0) is 56.0 Å². The molecule has 0 aromatic heterocycles. The Hall–Kier alpha value is -2.34. The van der Waals surface area contributed by atoms with Gasteiger partial charge in [-0.3, -0.25) is 9.10 Å². The van der Waals surface area contributed by atoms with Gasteiger partial charge in [-0.15, -0.1) is 0 Å². The molecule has 0 fully saturated rings. The Balaban J connectivity index is 2.32. The Morgan fingerprint density at radius 3 is 2.11 bits per heavy atom. The minimum Gasteiger partial charge on any atom is -0.347 e. The molecule has 27 heavy (non-hydrogen) atoms. The van der Waals surface area contributed by atoms with Crippen LogP contribution in [0.4, 0.5) is 5.69 Å². The molecule has 2 atom stereocenters. The van der Waals surface area contributed by atoms with Crippen LogP contribution in [0.5, 0.6) is 0 Å². The molecular formula is C21H28N2O3S. The summed E-state index contributed by atoms with van der Waals surface area (Å²) in [6.45, 7) is 7.42. The van der Waals surface area contributed by atoms with E-state index in [9.17, 15) is 13.2 Å². The maximum Gasteiger partial charge on any atom is 0.244 e. The average molecular weight is 389 g/mol. The molecule has 1 N–H and O–H groups in total.